The molecule has 12 heavy (non-hydrogen) atoms. The van der Waals surface area contributed by atoms with Gasteiger partial charge in [0.15, 0.2) is 0 Å². The zero-order chi connectivity index (χ0) is 9.40. The van der Waals surface area contributed by atoms with Crippen LogP contribution in [0.5, 0.6) is 0 Å². The fourth-order valence-electron chi connectivity index (χ4n) is 1.50. The summed E-state index contributed by atoms with van der Waals surface area (Å²) < 4.78 is 0. The van der Waals surface area contributed by atoms with E-state index in [1.165, 1.54) is 44.1 Å². The highest BCUT2D eigenvalue weighted by Crippen LogP contribution is 2.19. The van der Waals surface area contributed by atoms with Crippen LogP contribution in [0.3, 0.4) is 0 Å². The molecule has 0 rings (SSSR count). The summed E-state index contributed by atoms with van der Waals surface area (Å²) in [6.45, 7) is 10.6. The molecule has 0 aliphatic rings. The topological polar surface area (TPSA) is 0 Å². The van der Waals surface area contributed by atoms with Crippen molar-refractivity contribution in [2.75, 3.05) is 0 Å². The summed E-state index contributed by atoms with van der Waals surface area (Å²) in [6, 6.07) is 0. The summed E-state index contributed by atoms with van der Waals surface area (Å²) in [5.74, 6) is 0.946. The van der Waals surface area contributed by atoms with Crippen molar-refractivity contribution >= 4 is 0 Å². The Morgan fingerprint density at radius 2 is 1.92 bits per heavy atom. The summed E-state index contributed by atoms with van der Waals surface area (Å²) in [5, 5.41) is 0. The van der Waals surface area contributed by atoms with E-state index in [1.807, 2.05) is 0 Å². The number of rotatable bonds is 7. The minimum Gasteiger partial charge on any atom is -0.100 e. The molecule has 0 heterocycles. The van der Waals surface area contributed by atoms with Gasteiger partial charge in [0.25, 0.3) is 0 Å². The predicted octanol–water partition coefficient (Wildman–Crippen LogP) is 4.56. The normalized spacial score (nSPS) is 12.9. The van der Waals surface area contributed by atoms with Crippen LogP contribution in [0.2, 0.25) is 0 Å². The molecule has 0 bridgehead atoms. The summed E-state index contributed by atoms with van der Waals surface area (Å²) in [7, 11) is 0. The molecule has 0 saturated heterocycles. The van der Waals surface area contributed by atoms with Gasteiger partial charge in [0.2, 0.25) is 0 Å². The fraction of sp³-hybridized carbons (Fsp3) is 0.833. The maximum atomic E-state index is 3.94. The smallest absolute Gasteiger partial charge is 0.0323 e. The fourth-order valence-corrected chi connectivity index (χ4v) is 1.50. The van der Waals surface area contributed by atoms with Crippen LogP contribution in [-0.2, 0) is 0 Å². The van der Waals surface area contributed by atoms with Crippen LogP contribution in [-0.4, -0.2) is 0 Å². The highest BCUT2D eigenvalue weighted by Gasteiger charge is 2.04. The van der Waals surface area contributed by atoms with Gasteiger partial charge in [-0.2, -0.15) is 0 Å². The summed E-state index contributed by atoms with van der Waals surface area (Å²) in [6.07, 6.45) is 8.07. The van der Waals surface area contributed by atoms with E-state index in [0.29, 0.717) is 0 Å². The highest BCUT2D eigenvalue weighted by atomic mass is 14.1. The molecular formula is C12H24. The molecular weight excluding hydrogens is 144 g/mol. The Kier molecular flexibility index (Phi) is 7.23. The summed E-state index contributed by atoms with van der Waals surface area (Å²) >= 11 is 0. The van der Waals surface area contributed by atoms with Crippen LogP contribution in [0.4, 0.5) is 0 Å². The van der Waals surface area contributed by atoms with Crippen LogP contribution >= 0.6 is 0 Å². The second-order valence-corrected chi connectivity index (χ2v) is 3.91. The molecule has 0 N–H and O–H groups in total. The van der Waals surface area contributed by atoms with Crippen molar-refractivity contribution in [3.05, 3.63) is 12.2 Å². The van der Waals surface area contributed by atoms with Crippen molar-refractivity contribution in [3.63, 3.8) is 0 Å². The Labute approximate surface area is 78.1 Å². The van der Waals surface area contributed by atoms with E-state index in [2.05, 4.69) is 27.4 Å². The average molecular weight is 168 g/mol. The Bertz CT molecular complexity index is 113. The second kappa shape index (κ2) is 7.39. The maximum absolute atomic E-state index is 3.94. The van der Waals surface area contributed by atoms with Crippen LogP contribution in [0.15, 0.2) is 12.2 Å². The maximum Gasteiger partial charge on any atom is -0.0323 e. The average Bonchev–Trinajstić information content (AvgIpc) is 2.05. The van der Waals surface area contributed by atoms with Crippen molar-refractivity contribution in [2.24, 2.45) is 5.92 Å². The first-order valence-electron chi connectivity index (χ1n) is 5.35. The Balaban J connectivity index is 3.45. The van der Waals surface area contributed by atoms with Gasteiger partial charge >= 0.3 is 0 Å². The zero-order valence-corrected chi connectivity index (χ0v) is 9.03. The lowest BCUT2D eigenvalue weighted by Crippen LogP contribution is -1.98. The molecule has 0 radical (unpaired) electrons. The van der Waals surface area contributed by atoms with Gasteiger partial charge in [0.1, 0.15) is 0 Å². The van der Waals surface area contributed by atoms with Gasteiger partial charge in [0, 0.05) is 0 Å². The number of allylic oxidation sites excluding steroid dienone is 1. The summed E-state index contributed by atoms with van der Waals surface area (Å²) in [5.41, 5.74) is 1.34. The molecule has 0 nitrogen and oxygen atoms in total. The minimum atomic E-state index is 0.946. The van der Waals surface area contributed by atoms with Gasteiger partial charge in [-0.1, -0.05) is 45.1 Å². The minimum absolute atomic E-state index is 0.946. The molecule has 0 aromatic heterocycles. The number of hydrogen-bond acceptors (Lipinski definition) is 0. The van der Waals surface area contributed by atoms with Crippen molar-refractivity contribution in [1.82, 2.24) is 0 Å². The monoisotopic (exact) mass is 168 g/mol. The lowest BCUT2D eigenvalue weighted by atomic mass is 9.93. The third-order valence-electron chi connectivity index (χ3n) is 2.52. The van der Waals surface area contributed by atoms with Crippen LogP contribution in [0.1, 0.15) is 59.3 Å². The molecule has 72 valence electrons. The van der Waals surface area contributed by atoms with Gasteiger partial charge < -0.3 is 0 Å². The molecule has 0 heteroatoms. The van der Waals surface area contributed by atoms with Gasteiger partial charge in [-0.3, -0.25) is 0 Å². The predicted molar refractivity (Wildman–Crippen MR) is 57.4 cm³/mol. The molecule has 1 unspecified atom stereocenters. The first-order valence-corrected chi connectivity index (χ1v) is 5.35. The highest BCUT2D eigenvalue weighted by molar-refractivity contribution is 4.88. The van der Waals surface area contributed by atoms with Crippen molar-refractivity contribution in [3.8, 4) is 0 Å². The lowest BCUT2D eigenvalue weighted by molar-refractivity contribution is 0.421. The first kappa shape index (κ1) is 11.7. The SMILES string of the molecule is C=C(C)CCC(CC)CCCC. The number of hydrogen-bond donors (Lipinski definition) is 0. The Morgan fingerprint density at radius 3 is 2.33 bits per heavy atom. The van der Waals surface area contributed by atoms with E-state index in [-0.39, 0.29) is 0 Å². The van der Waals surface area contributed by atoms with E-state index in [1.54, 1.807) is 0 Å². The van der Waals surface area contributed by atoms with Crippen molar-refractivity contribution in [2.45, 2.75) is 59.3 Å². The van der Waals surface area contributed by atoms with E-state index in [9.17, 15) is 0 Å². The molecule has 0 aliphatic carbocycles. The van der Waals surface area contributed by atoms with E-state index < -0.39 is 0 Å². The molecule has 0 aliphatic heterocycles. The van der Waals surface area contributed by atoms with Crippen LogP contribution < -0.4 is 0 Å². The standard InChI is InChI=1S/C12H24/c1-5-7-8-12(6-2)10-9-11(3)4/h12H,3,5-10H2,1-2,4H3. The largest absolute Gasteiger partial charge is 0.100 e. The molecule has 0 spiro atoms. The molecule has 1 atom stereocenters. The second-order valence-electron chi connectivity index (χ2n) is 3.91. The third-order valence-corrected chi connectivity index (χ3v) is 2.52. The van der Waals surface area contributed by atoms with Gasteiger partial charge in [-0.25, -0.2) is 0 Å². The van der Waals surface area contributed by atoms with Crippen LogP contribution in [0, 0.1) is 5.92 Å². The van der Waals surface area contributed by atoms with Crippen molar-refractivity contribution in [1.29, 1.82) is 0 Å². The van der Waals surface area contributed by atoms with E-state index in [4.69, 9.17) is 0 Å². The van der Waals surface area contributed by atoms with Crippen molar-refractivity contribution < 1.29 is 0 Å². The molecule has 0 aromatic carbocycles. The van der Waals surface area contributed by atoms with E-state index >= 15 is 0 Å². The number of unbranched alkanes of at least 4 members (excludes halogenated alkanes) is 1. The van der Waals surface area contributed by atoms with Gasteiger partial charge in [0.05, 0.1) is 0 Å². The van der Waals surface area contributed by atoms with Gasteiger partial charge in [-0.05, 0) is 25.7 Å². The molecule has 0 fully saturated rings. The Hall–Kier alpha value is -0.260. The summed E-state index contributed by atoms with van der Waals surface area (Å²) in [4.78, 5) is 0. The zero-order valence-electron chi connectivity index (χ0n) is 9.03. The lowest BCUT2D eigenvalue weighted by Gasteiger charge is -2.13. The molecule has 0 aromatic rings. The Morgan fingerprint density at radius 1 is 1.25 bits per heavy atom. The van der Waals surface area contributed by atoms with Gasteiger partial charge in [-0.15, -0.1) is 6.58 Å². The first-order chi connectivity index (χ1) is 5.70. The van der Waals surface area contributed by atoms with Crippen LogP contribution in [0.25, 0.3) is 0 Å². The molecule has 0 amide bonds. The third kappa shape index (κ3) is 6.45. The quantitative estimate of drug-likeness (QED) is 0.489. The van der Waals surface area contributed by atoms with E-state index in [0.717, 1.165) is 5.92 Å². The molecule has 0 saturated carbocycles.